The third-order valence-corrected chi connectivity index (χ3v) is 5.73. The van der Waals surface area contributed by atoms with Gasteiger partial charge < -0.3 is 9.47 Å². The number of carbonyl (C=O) groups excluding carboxylic acids is 1. The van der Waals surface area contributed by atoms with Crippen LogP contribution in [0.1, 0.15) is 40.5 Å². The standard InChI is InChI=1S/C22H23FN4O2/c1-14-5-10-18(21(28)26(14)2)22(29)27-11-3-4-16(13-27)20-19(12-24-25-20)15-6-8-17(23)9-7-15/h5-10,12,16H,3-4,11,13H2,1-2H3,(H,24,25)/t16-/m0/s1. The second kappa shape index (κ2) is 7.66. The van der Waals surface area contributed by atoms with Crippen LogP contribution in [0, 0.1) is 12.7 Å². The minimum absolute atomic E-state index is 0.0737. The molecule has 0 radical (unpaired) electrons. The average Bonchev–Trinajstić information content (AvgIpc) is 3.22. The van der Waals surface area contributed by atoms with E-state index in [1.807, 2.05) is 6.92 Å². The summed E-state index contributed by atoms with van der Waals surface area (Å²) in [6.07, 6.45) is 3.48. The van der Waals surface area contributed by atoms with Gasteiger partial charge in [-0.1, -0.05) is 12.1 Å². The van der Waals surface area contributed by atoms with Gasteiger partial charge in [-0.05, 0) is 49.6 Å². The van der Waals surface area contributed by atoms with E-state index >= 15 is 0 Å². The first-order chi connectivity index (χ1) is 14.0. The zero-order valence-corrected chi connectivity index (χ0v) is 16.5. The molecule has 150 valence electrons. The van der Waals surface area contributed by atoms with Crippen LogP contribution in [0.5, 0.6) is 0 Å². The Morgan fingerprint density at radius 2 is 1.97 bits per heavy atom. The van der Waals surface area contributed by atoms with E-state index in [1.54, 1.807) is 42.4 Å². The molecule has 0 spiro atoms. The number of pyridine rings is 1. The average molecular weight is 394 g/mol. The fourth-order valence-corrected chi connectivity index (χ4v) is 3.93. The maximum absolute atomic E-state index is 13.3. The monoisotopic (exact) mass is 394 g/mol. The highest BCUT2D eigenvalue weighted by molar-refractivity contribution is 5.94. The fourth-order valence-electron chi connectivity index (χ4n) is 3.93. The second-order valence-corrected chi connectivity index (χ2v) is 7.55. The molecule has 3 aromatic rings. The van der Waals surface area contributed by atoms with Crippen LogP contribution in [0.2, 0.25) is 0 Å². The van der Waals surface area contributed by atoms with Crippen molar-refractivity contribution >= 4 is 5.91 Å². The zero-order valence-electron chi connectivity index (χ0n) is 16.5. The van der Waals surface area contributed by atoms with Crippen molar-refractivity contribution in [3.05, 3.63) is 75.7 Å². The molecule has 4 rings (SSSR count). The molecule has 3 heterocycles. The quantitative estimate of drug-likeness (QED) is 0.741. The molecule has 1 aliphatic heterocycles. The topological polar surface area (TPSA) is 71.0 Å². The van der Waals surface area contributed by atoms with Crippen molar-refractivity contribution in [2.45, 2.75) is 25.7 Å². The first kappa shape index (κ1) is 19.1. The highest BCUT2D eigenvalue weighted by Crippen LogP contribution is 2.33. The highest BCUT2D eigenvalue weighted by atomic mass is 19.1. The number of aryl methyl sites for hydroxylation is 1. The molecule has 1 saturated heterocycles. The number of piperidine rings is 1. The Labute approximate surface area is 168 Å². The van der Waals surface area contributed by atoms with Crippen LogP contribution in [-0.2, 0) is 7.05 Å². The highest BCUT2D eigenvalue weighted by Gasteiger charge is 2.29. The Bertz CT molecular complexity index is 1100. The smallest absolute Gasteiger partial charge is 0.263 e. The summed E-state index contributed by atoms with van der Waals surface area (Å²) >= 11 is 0. The van der Waals surface area contributed by atoms with Gasteiger partial charge >= 0.3 is 0 Å². The lowest BCUT2D eigenvalue weighted by molar-refractivity contribution is 0.0703. The van der Waals surface area contributed by atoms with Gasteiger partial charge in [0.2, 0.25) is 0 Å². The van der Waals surface area contributed by atoms with Gasteiger partial charge in [0.05, 0.1) is 6.20 Å². The van der Waals surface area contributed by atoms with Gasteiger partial charge in [-0.3, -0.25) is 14.7 Å². The number of likely N-dealkylation sites (tertiary alicyclic amines) is 1. The number of H-pyrrole nitrogens is 1. The maximum Gasteiger partial charge on any atom is 0.263 e. The number of aromatic amines is 1. The second-order valence-electron chi connectivity index (χ2n) is 7.55. The summed E-state index contributed by atoms with van der Waals surface area (Å²) in [6.45, 7) is 2.96. The van der Waals surface area contributed by atoms with Gasteiger partial charge in [0, 0.05) is 43.0 Å². The largest absolute Gasteiger partial charge is 0.338 e. The fraction of sp³-hybridized carbons (Fsp3) is 0.318. The summed E-state index contributed by atoms with van der Waals surface area (Å²) in [7, 11) is 1.67. The number of halogens is 1. The van der Waals surface area contributed by atoms with Gasteiger partial charge in [0.25, 0.3) is 11.5 Å². The summed E-state index contributed by atoms with van der Waals surface area (Å²) in [5.41, 5.74) is 3.46. The molecule has 6 nitrogen and oxygen atoms in total. The lowest BCUT2D eigenvalue weighted by atomic mass is 9.90. The van der Waals surface area contributed by atoms with E-state index in [4.69, 9.17) is 0 Å². The van der Waals surface area contributed by atoms with Crippen molar-refractivity contribution in [1.29, 1.82) is 0 Å². The maximum atomic E-state index is 13.3. The molecule has 7 heteroatoms. The van der Waals surface area contributed by atoms with Crippen molar-refractivity contribution < 1.29 is 9.18 Å². The summed E-state index contributed by atoms with van der Waals surface area (Å²) in [4.78, 5) is 27.3. The Balaban J connectivity index is 1.59. The van der Waals surface area contributed by atoms with E-state index in [9.17, 15) is 14.0 Å². The number of nitrogens with one attached hydrogen (secondary N) is 1. The number of benzene rings is 1. The molecule has 2 aromatic heterocycles. The molecule has 29 heavy (non-hydrogen) atoms. The third kappa shape index (κ3) is 3.60. The molecule has 1 atom stereocenters. The number of rotatable bonds is 3. The van der Waals surface area contributed by atoms with Crippen LogP contribution in [0.3, 0.4) is 0 Å². The van der Waals surface area contributed by atoms with Crippen molar-refractivity contribution in [1.82, 2.24) is 19.7 Å². The van der Waals surface area contributed by atoms with Crippen LogP contribution in [-0.4, -0.2) is 38.7 Å². The minimum Gasteiger partial charge on any atom is -0.338 e. The number of nitrogens with zero attached hydrogens (tertiary/aromatic N) is 3. The molecular formula is C22H23FN4O2. The van der Waals surface area contributed by atoms with Gasteiger partial charge in [0.1, 0.15) is 11.4 Å². The first-order valence-electron chi connectivity index (χ1n) is 9.71. The summed E-state index contributed by atoms with van der Waals surface area (Å²) in [5, 5.41) is 7.25. The molecule has 0 unspecified atom stereocenters. The number of carbonyl (C=O) groups is 1. The molecule has 1 aliphatic rings. The number of aromatic nitrogens is 3. The zero-order chi connectivity index (χ0) is 20.5. The molecule has 1 aromatic carbocycles. The van der Waals surface area contributed by atoms with Gasteiger partial charge in [0.15, 0.2) is 0 Å². The van der Waals surface area contributed by atoms with Crippen LogP contribution in [0.15, 0.2) is 47.4 Å². The SMILES string of the molecule is Cc1ccc(C(=O)N2CCC[C@H](c3[nH]ncc3-c3ccc(F)cc3)C2)c(=O)n1C. The Kier molecular flexibility index (Phi) is 5.05. The van der Waals surface area contributed by atoms with E-state index in [1.165, 1.54) is 16.7 Å². The molecule has 0 saturated carbocycles. The summed E-state index contributed by atoms with van der Waals surface area (Å²) in [5.74, 6) is -0.449. The molecule has 1 fully saturated rings. The lowest BCUT2D eigenvalue weighted by Gasteiger charge is -2.32. The molecular weight excluding hydrogens is 371 g/mol. The predicted octanol–water partition coefficient (Wildman–Crippen LogP) is 3.24. The van der Waals surface area contributed by atoms with E-state index in [2.05, 4.69) is 10.2 Å². The Morgan fingerprint density at radius 3 is 2.72 bits per heavy atom. The van der Waals surface area contributed by atoms with Crippen LogP contribution in [0.25, 0.3) is 11.1 Å². The molecule has 1 N–H and O–H groups in total. The normalized spacial score (nSPS) is 16.8. The van der Waals surface area contributed by atoms with Crippen LogP contribution >= 0.6 is 0 Å². The van der Waals surface area contributed by atoms with Crippen molar-refractivity contribution in [3.63, 3.8) is 0 Å². The number of amides is 1. The molecule has 0 bridgehead atoms. The van der Waals surface area contributed by atoms with Gasteiger partial charge in [-0.2, -0.15) is 5.10 Å². The van der Waals surface area contributed by atoms with Gasteiger partial charge in [-0.15, -0.1) is 0 Å². The Hall–Kier alpha value is -3.22. The molecule has 0 aliphatic carbocycles. The van der Waals surface area contributed by atoms with E-state index < -0.39 is 0 Å². The summed E-state index contributed by atoms with van der Waals surface area (Å²) in [6, 6.07) is 9.71. The lowest BCUT2D eigenvalue weighted by Crippen LogP contribution is -2.42. The van der Waals surface area contributed by atoms with Crippen LogP contribution in [0.4, 0.5) is 4.39 Å². The van der Waals surface area contributed by atoms with E-state index in [0.717, 1.165) is 35.4 Å². The minimum atomic E-state index is -0.284. The van der Waals surface area contributed by atoms with Crippen molar-refractivity contribution in [2.75, 3.05) is 13.1 Å². The van der Waals surface area contributed by atoms with Crippen LogP contribution < -0.4 is 5.56 Å². The third-order valence-electron chi connectivity index (χ3n) is 5.73. The van der Waals surface area contributed by atoms with E-state index in [0.29, 0.717) is 13.1 Å². The predicted molar refractivity (Wildman–Crippen MR) is 108 cm³/mol. The Morgan fingerprint density at radius 1 is 1.21 bits per heavy atom. The number of hydrogen-bond acceptors (Lipinski definition) is 3. The van der Waals surface area contributed by atoms with Crippen molar-refractivity contribution in [2.24, 2.45) is 7.05 Å². The first-order valence-corrected chi connectivity index (χ1v) is 9.71. The van der Waals surface area contributed by atoms with E-state index in [-0.39, 0.29) is 28.8 Å². The number of hydrogen-bond donors (Lipinski definition) is 1. The van der Waals surface area contributed by atoms with Crippen molar-refractivity contribution in [3.8, 4) is 11.1 Å². The van der Waals surface area contributed by atoms with Gasteiger partial charge in [-0.25, -0.2) is 4.39 Å². The molecule has 1 amide bonds. The summed E-state index contributed by atoms with van der Waals surface area (Å²) < 4.78 is 14.8.